The van der Waals surface area contributed by atoms with Crippen LogP contribution >= 0.6 is 0 Å². The lowest BCUT2D eigenvalue weighted by Gasteiger charge is -2.34. The Bertz CT molecular complexity index is 694. The van der Waals surface area contributed by atoms with E-state index in [-0.39, 0.29) is 18.1 Å². The summed E-state index contributed by atoms with van der Waals surface area (Å²) in [4.78, 5) is 28.7. The minimum absolute atomic E-state index is 0.0429. The largest absolute Gasteiger partial charge is 0.488 e. The van der Waals surface area contributed by atoms with Gasteiger partial charge in [0.2, 0.25) is 0 Å². The third-order valence-corrected chi connectivity index (χ3v) is 4.74. The van der Waals surface area contributed by atoms with Gasteiger partial charge in [-0.25, -0.2) is 4.79 Å². The van der Waals surface area contributed by atoms with Crippen molar-refractivity contribution in [3.8, 4) is 5.75 Å². The normalized spacial score (nSPS) is 20.6. The summed E-state index contributed by atoms with van der Waals surface area (Å²) in [5, 5.41) is 0. The third kappa shape index (κ3) is 5.38. The van der Waals surface area contributed by atoms with Crippen molar-refractivity contribution >= 4 is 12.0 Å². The molecule has 0 aromatic heterocycles. The van der Waals surface area contributed by atoms with Crippen LogP contribution in [0.1, 0.15) is 44.0 Å². The van der Waals surface area contributed by atoms with Gasteiger partial charge in [0, 0.05) is 19.6 Å². The molecular weight excluding hydrogens is 360 g/mol. The number of rotatable bonds is 3. The Kier molecular flexibility index (Phi) is 6.44. The molecule has 28 heavy (non-hydrogen) atoms. The molecule has 0 N–H and O–H groups in total. The fourth-order valence-electron chi connectivity index (χ4n) is 3.39. The molecule has 0 spiro atoms. The number of para-hydroxylation sites is 1. The van der Waals surface area contributed by atoms with Gasteiger partial charge in [0.05, 0.1) is 25.3 Å². The zero-order valence-corrected chi connectivity index (χ0v) is 17.0. The number of hydrogen-bond acceptors (Lipinski definition) is 5. The number of hydrogen-bond donors (Lipinski definition) is 0. The number of carbonyl (C=O) groups excluding carboxylic acids is 2. The van der Waals surface area contributed by atoms with Gasteiger partial charge in [0.25, 0.3) is 5.91 Å². The van der Waals surface area contributed by atoms with Gasteiger partial charge in [0.1, 0.15) is 17.5 Å². The van der Waals surface area contributed by atoms with Crippen molar-refractivity contribution in [2.24, 2.45) is 0 Å². The molecule has 1 aromatic rings. The predicted octanol–water partition coefficient (Wildman–Crippen LogP) is 2.94. The molecule has 0 saturated carbocycles. The number of likely N-dealkylation sites (tertiary alicyclic amines) is 1. The van der Waals surface area contributed by atoms with Crippen molar-refractivity contribution in [2.45, 2.75) is 45.3 Å². The van der Waals surface area contributed by atoms with Crippen molar-refractivity contribution in [3.05, 3.63) is 29.8 Å². The van der Waals surface area contributed by atoms with Crippen LogP contribution in [0.25, 0.3) is 0 Å². The summed E-state index contributed by atoms with van der Waals surface area (Å²) in [7, 11) is 0. The smallest absolute Gasteiger partial charge is 0.410 e. The second-order valence-corrected chi connectivity index (χ2v) is 8.21. The van der Waals surface area contributed by atoms with Crippen LogP contribution in [-0.2, 0) is 9.47 Å². The highest BCUT2D eigenvalue weighted by Crippen LogP contribution is 2.25. The molecule has 0 unspecified atom stereocenters. The van der Waals surface area contributed by atoms with Crippen LogP contribution in [0.5, 0.6) is 5.75 Å². The van der Waals surface area contributed by atoms with Gasteiger partial charge >= 0.3 is 6.09 Å². The number of amides is 2. The SMILES string of the molecule is CC(C)(C)OC(=O)N1CCC[C@H](Oc2ccccc2C(=O)N2CCOCC2)C1. The first-order valence-electron chi connectivity index (χ1n) is 9.94. The molecule has 2 amide bonds. The van der Waals surface area contributed by atoms with Gasteiger partial charge in [-0.2, -0.15) is 0 Å². The Labute approximate surface area is 166 Å². The number of ether oxygens (including phenoxy) is 3. The van der Waals surface area contributed by atoms with E-state index in [0.717, 1.165) is 12.8 Å². The van der Waals surface area contributed by atoms with Crippen LogP contribution in [0.2, 0.25) is 0 Å². The van der Waals surface area contributed by atoms with Crippen LogP contribution in [0.3, 0.4) is 0 Å². The van der Waals surface area contributed by atoms with Crippen LogP contribution in [0.15, 0.2) is 24.3 Å². The summed E-state index contributed by atoms with van der Waals surface area (Å²) in [6.45, 7) is 8.97. The van der Waals surface area contributed by atoms with E-state index in [1.165, 1.54) is 0 Å². The van der Waals surface area contributed by atoms with E-state index in [4.69, 9.17) is 14.2 Å². The van der Waals surface area contributed by atoms with Crippen LogP contribution in [0, 0.1) is 0 Å². The van der Waals surface area contributed by atoms with E-state index in [1.54, 1.807) is 15.9 Å². The molecule has 2 saturated heterocycles. The maximum absolute atomic E-state index is 12.9. The van der Waals surface area contributed by atoms with Crippen LogP contribution in [-0.4, -0.2) is 72.9 Å². The molecule has 1 aromatic carbocycles. The average molecular weight is 390 g/mol. The molecule has 2 fully saturated rings. The first kappa shape index (κ1) is 20.5. The lowest BCUT2D eigenvalue weighted by atomic mass is 10.1. The molecule has 0 radical (unpaired) electrons. The zero-order chi connectivity index (χ0) is 20.1. The molecule has 1 atom stereocenters. The molecule has 7 nitrogen and oxygen atoms in total. The average Bonchev–Trinajstić information content (AvgIpc) is 2.67. The first-order valence-corrected chi connectivity index (χ1v) is 9.94. The molecule has 0 bridgehead atoms. The van der Waals surface area contributed by atoms with E-state index in [0.29, 0.717) is 50.7 Å². The highest BCUT2D eigenvalue weighted by molar-refractivity contribution is 5.97. The van der Waals surface area contributed by atoms with Crippen molar-refractivity contribution in [2.75, 3.05) is 39.4 Å². The predicted molar refractivity (Wildman–Crippen MR) is 105 cm³/mol. The minimum Gasteiger partial charge on any atom is -0.488 e. The summed E-state index contributed by atoms with van der Waals surface area (Å²) in [6, 6.07) is 7.32. The van der Waals surface area contributed by atoms with Crippen molar-refractivity contribution in [1.29, 1.82) is 0 Å². The summed E-state index contributed by atoms with van der Waals surface area (Å²) in [5.41, 5.74) is 0.0287. The quantitative estimate of drug-likeness (QED) is 0.794. The molecule has 3 rings (SSSR count). The van der Waals surface area contributed by atoms with E-state index in [1.807, 2.05) is 39.0 Å². The van der Waals surface area contributed by atoms with Crippen molar-refractivity contribution < 1.29 is 23.8 Å². The Morgan fingerprint density at radius 2 is 1.79 bits per heavy atom. The first-order chi connectivity index (χ1) is 13.3. The Morgan fingerprint density at radius 3 is 2.50 bits per heavy atom. The monoisotopic (exact) mass is 390 g/mol. The van der Waals surface area contributed by atoms with Gasteiger partial charge in [-0.1, -0.05) is 12.1 Å². The fraction of sp³-hybridized carbons (Fsp3) is 0.619. The van der Waals surface area contributed by atoms with Crippen molar-refractivity contribution in [3.63, 3.8) is 0 Å². The Balaban J connectivity index is 1.66. The highest BCUT2D eigenvalue weighted by atomic mass is 16.6. The Morgan fingerprint density at radius 1 is 1.07 bits per heavy atom. The van der Waals surface area contributed by atoms with Gasteiger partial charge in [-0.05, 0) is 45.7 Å². The summed E-state index contributed by atoms with van der Waals surface area (Å²) >= 11 is 0. The number of carbonyl (C=O) groups is 2. The number of piperidine rings is 1. The molecule has 154 valence electrons. The van der Waals surface area contributed by atoms with E-state index in [2.05, 4.69) is 0 Å². The molecule has 2 aliphatic rings. The van der Waals surface area contributed by atoms with Crippen LogP contribution < -0.4 is 4.74 Å². The van der Waals surface area contributed by atoms with Gasteiger partial charge in [-0.3, -0.25) is 4.79 Å². The molecule has 7 heteroatoms. The van der Waals surface area contributed by atoms with Crippen LogP contribution in [0.4, 0.5) is 4.79 Å². The molecule has 2 heterocycles. The third-order valence-electron chi connectivity index (χ3n) is 4.74. The number of morpholine rings is 1. The topological polar surface area (TPSA) is 68.3 Å². The standard InChI is InChI=1S/C21H30N2O5/c1-21(2,3)28-20(25)23-10-6-7-16(15-23)27-18-9-5-4-8-17(18)19(24)22-11-13-26-14-12-22/h4-5,8-9,16H,6-7,10-15H2,1-3H3/t16-/m0/s1. The zero-order valence-electron chi connectivity index (χ0n) is 17.0. The number of nitrogens with zero attached hydrogens (tertiary/aromatic N) is 2. The Hall–Kier alpha value is -2.28. The molecule has 0 aliphatic carbocycles. The maximum atomic E-state index is 12.9. The summed E-state index contributed by atoms with van der Waals surface area (Å²) < 4.78 is 17.0. The summed E-state index contributed by atoms with van der Waals surface area (Å²) in [5.74, 6) is 0.522. The lowest BCUT2D eigenvalue weighted by Crippen LogP contribution is -2.46. The fourth-order valence-corrected chi connectivity index (χ4v) is 3.39. The van der Waals surface area contributed by atoms with Gasteiger partial charge in [-0.15, -0.1) is 0 Å². The summed E-state index contributed by atoms with van der Waals surface area (Å²) in [6.07, 6.45) is 1.18. The second-order valence-electron chi connectivity index (χ2n) is 8.21. The molecule has 2 aliphatic heterocycles. The number of benzene rings is 1. The van der Waals surface area contributed by atoms with E-state index in [9.17, 15) is 9.59 Å². The highest BCUT2D eigenvalue weighted by Gasteiger charge is 2.30. The minimum atomic E-state index is -0.526. The van der Waals surface area contributed by atoms with Gasteiger partial charge in [0.15, 0.2) is 0 Å². The van der Waals surface area contributed by atoms with Crippen molar-refractivity contribution in [1.82, 2.24) is 9.80 Å². The lowest BCUT2D eigenvalue weighted by molar-refractivity contribution is 0.00735. The maximum Gasteiger partial charge on any atom is 0.410 e. The second kappa shape index (κ2) is 8.82. The van der Waals surface area contributed by atoms with Gasteiger partial charge < -0.3 is 24.0 Å². The van der Waals surface area contributed by atoms with E-state index < -0.39 is 5.60 Å². The van der Waals surface area contributed by atoms with E-state index >= 15 is 0 Å². The molecular formula is C21H30N2O5.